The van der Waals surface area contributed by atoms with E-state index in [0.717, 1.165) is 67.6 Å². The van der Waals surface area contributed by atoms with Gasteiger partial charge in [-0.05, 0) is 56.2 Å². The molecule has 1 aromatic carbocycles. The Morgan fingerprint density at radius 2 is 1.86 bits per heavy atom. The number of ether oxygens (including phenoxy) is 2. The van der Waals surface area contributed by atoms with Crippen LogP contribution in [0.4, 0.5) is 5.82 Å². The van der Waals surface area contributed by atoms with Crippen LogP contribution in [0.3, 0.4) is 0 Å². The van der Waals surface area contributed by atoms with E-state index in [0.29, 0.717) is 25.3 Å². The number of anilines is 1. The maximum atomic E-state index is 13.2. The molecule has 4 aliphatic heterocycles. The third-order valence-corrected chi connectivity index (χ3v) is 7.10. The molecule has 0 saturated carbocycles. The lowest BCUT2D eigenvalue weighted by molar-refractivity contribution is 0.0715. The van der Waals surface area contributed by atoms with Gasteiger partial charge in [0.1, 0.15) is 11.6 Å². The summed E-state index contributed by atoms with van der Waals surface area (Å²) in [5.41, 5.74) is 4.26. The van der Waals surface area contributed by atoms with Crippen LogP contribution in [-0.4, -0.2) is 65.8 Å². The monoisotopic (exact) mass is 495 g/mol. The first kappa shape index (κ1) is 26.2. The minimum absolute atomic E-state index is 0.00813. The van der Waals surface area contributed by atoms with Crippen molar-refractivity contribution in [3.63, 3.8) is 0 Å². The molecule has 1 aromatic heterocycles. The van der Waals surface area contributed by atoms with Gasteiger partial charge in [-0.15, -0.1) is 0 Å². The van der Waals surface area contributed by atoms with E-state index in [1.54, 1.807) is 4.90 Å². The van der Waals surface area contributed by atoms with Crippen LogP contribution in [0.1, 0.15) is 73.5 Å². The Morgan fingerprint density at radius 3 is 2.53 bits per heavy atom. The third-order valence-electron chi connectivity index (χ3n) is 7.10. The minimum atomic E-state index is -0.00813. The van der Waals surface area contributed by atoms with E-state index in [2.05, 4.69) is 35.9 Å². The summed E-state index contributed by atoms with van der Waals surface area (Å²) >= 11 is 0. The predicted octanol–water partition coefficient (Wildman–Crippen LogP) is 4.59. The fourth-order valence-electron chi connectivity index (χ4n) is 5.19. The van der Waals surface area contributed by atoms with Crippen LogP contribution < -0.4 is 9.64 Å². The molecule has 0 aliphatic carbocycles. The number of hydrogen-bond acceptors (Lipinski definition) is 6. The van der Waals surface area contributed by atoms with Crippen molar-refractivity contribution in [1.82, 2.24) is 14.5 Å². The number of aryl methyl sites for hydroxylation is 2. The van der Waals surface area contributed by atoms with Crippen molar-refractivity contribution in [2.24, 2.45) is 10.9 Å². The standard InChI is InChI=1S/C20H23N5O2.C6H12O.C2H6/c1-4-23-19(26)16-18(24-7-6-21-20(23)24)22-13(3)25(16)11-14-9-12(2)17-15(10-14)5-8-27-17;1-6-2-4-7-5-3-6;1-2/h9-10H,4-8,11H2,1-3H3;6H,2-5H2,1H3;1-2H3. The Balaban J connectivity index is 0.000000290. The number of imidazole rings is 1. The third kappa shape index (κ3) is 5.01. The summed E-state index contributed by atoms with van der Waals surface area (Å²) in [6.07, 6.45) is 3.47. The second kappa shape index (κ2) is 11.5. The molecule has 1 saturated heterocycles. The molecule has 0 N–H and O–H groups in total. The number of hydrogen-bond donors (Lipinski definition) is 0. The first-order valence-corrected chi connectivity index (χ1v) is 13.5. The number of aliphatic imine (C=N–C) groups is 1. The molecule has 6 rings (SSSR count). The Hall–Kier alpha value is -2.87. The largest absolute Gasteiger partial charge is 0.493 e. The number of aromatic nitrogens is 2. The molecular formula is C28H41N5O3. The van der Waals surface area contributed by atoms with E-state index in [4.69, 9.17) is 14.5 Å². The molecule has 1 amide bonds. The van der Waals surface area contributed by atoms with Crippen molar-refractivity contribution in [1.29, 1.82) is 0 Å². The summed E-state index contributed by atoms with van der Waals surface area (Å²) in [7, 11) is 0. The SMILES string of the molecule is CC.CC1CCOCC1.CCN1C(=O)c2c(nc(C)n2Cc2cc(C)c3c(c2)CCO3)N2CCN=C12. The van der Waals surface area contributed by atoms with E-state index in [9.17, 15) is 4.79 Å². The van der Waals surface area contributed by atoms with Crippen molar-refractivity contribution >= 4 is 17.7 Å². The van der Waals surface area contributed by atoms with Crippen molar-refractivity contribution in [2.75, 3.05) is 44.4 Å². The number of guanidine groups is 1. The van der Waals surface area contributed by atoms with E-state index in [-0.39, 0.29) is 5.91 Å². The molecule has 196 valence electrons. The highest BCUT2D eigenvalue weighted by Gasteiger charge is 2.40. The highest BCUT2D eigenvalue weighted by molar-refractivity contribution is 6.18. The Morgan fingerprint density at radius 1 is 1.11 bits per heavy atom. The van der Waals surface area contributed by atoms with Gasteiger partial charge in [0.25, 0.3) is 5.91 Å². The van der Waals surface area contributed by atoms with Gasteiger partial charge in [0.15, 0.2) is 11.5 Å². The summed E-state index contributed by atoms with van der Waals surface area (Å²) < 4.78 is 12.9. The molecule has 8 heteroatoms. The van der Waals surface area contributed by atoms with Gasteiger partial charge in [0, 0.05) is 39.3 Å². The molecule has 1 fully saturated rings. The van der Waals surface area contributed by atoms with Crippen molar-refractivity contribution in [2.45, 2.75) is 67.3 Å². The second-order valence-corrected chi connectivity index (χ2v) is 9.59. The molecule has 4 aliphatic rings. The van der Waals surface area contributed by atoms with E-state index in [1.165, 1.54) is 24.0 Å². The average molecular weight is 496 g/mol. The summed E-state index contributed by atoms with van der Waals surface area (Å²) in [6.45, 7) is 17.8. The van der Waals surface area contributed by atoms with Crippen molar-refractivity contribution in [3.8, 4) is 5.75 Å². The van der Waals surface area contributed by atoms with E-state index >= 15 is 0 Å². The fraction of sp³-hybridized carbons (Fsp3) is 0.607. The molecule has 8 nitrogen and oxygen atoms in total. The number of benzene rings is 1. The Kier molecular flexibility index (Phi) is 8.34. The van der Waals surface area contributed by atoms with Gasteiger partial charge in [0.05, 0.1) is 13.2 Å². The quantitative estimate of drug-likeness (QED) is 0.623. The summed E-state index contributed by atoms with van der Waals surface area (Å²) in [5.74, 6) is 4.27. The summed E-state index contributed by atoms with van der Waals surface area (Å²) in [5, 5.41) is 0. The summed E-state index contributed by atoms with van der Waals surface area (Å²) in [4.78, 5) is 26.3. The maximum Gasteiger partial charge on any atom is 0.281 e. The van der Waals surface area contributed by atoms with Crippen molar-refractivity contribution in [3.05, 3.63) is 40.3 Å². The van der Waals surface area contributed by atoms with Gasteiger partial charge >= 0.3 is 0 Å². The van der Waals surface area contributed by atoms with Gasteiger partial charge in [-0.3, -0.25) is 19.6 Å². The van der Waals surface area contributed by atoms with Gasteiger partial charge in [-0.2, -0.15) is 0 Å². The second-order valence-electron chi connectivity index (χ2n) is 9.59. The van der Waals surface area contributed by atoms with Gasteiger partial charge in [-0.25, -0.2) is 4.98 Å². The molecule has 0 radical (unpaired) electrons. The number of carbonyl (C=O) groups is 1. The maximum absolute atomic E-state index is 13.2. The van der Waals surface area contributed by atoms with Crippen LogP contribution in [0.5, 0.6) is 5.75 Å². The van der Waals surface area contributed by atoms with E-state index in [1.807, 2.05) is 32.3 Å². The van der Waals surface area contributed by atoms with E-state index < -0.39 is 0 Å². The van der Waals surface area contributed by atoms with Crippen LogP contribution in [0, 0.1) is 19.8 Å². The number of fused-ring (bicyclic) bond motifs is 4. The minimum Gasteiger partial charge on any atom is -0.493 e. The summed E-state index contributed by atoms with van der Waals surface area (Å²) in [6, 6.07) is 4.36. The topological polar surface area (TPSA) is 72.2 Å². The Bertz CT molecular complexity index is 1120. The Labute approximate surface area is 215 Å². The van der Waals surface area contributed by atoms with Crippen LogP contribution in [0.25, 0.3) is 0 Å². The zero-order valence-electron chi connectivity index (χ0n) is 22.8. The molecule has 36 heavy (non-hydrogen) atoms. The lowest BCUT2D eigenvalue weighted by Crippen LogP contribution is -2.50. The first-order valence-electron chi connectivity index (χ1n) is 13.5. The molecule has 0 spiro atoms. The average Bonchev–Trinajstić information content (AvgIpc) is 3.62. The highest BCUT2D eigenvalue weighted by atomic mass is 16.5. The molecular weight excluding hydrogens is 454 g/mol. The number of amides is 1. The molecule has 0 atom stereocenters. The van der Waals surface area contributed by atoms with Gasteiger partial charge < -0.3 is 14.0 Å². The number of nitrogens with zero attached hydrogens (tertiary/aromatic N) is 5. The zero-order chi connectivity index (χ0) is 25.8. The lowest BCUT2D eigenvalue weighted by Gasteiger charge is -2.32. The fourth-order valence-corrected chi connectivity index (χ4v) is 5.19. The predicted molar refractivity (Wildman–Crippen MR) is 143 cm³/mol. The molecule has 5 heterocycles. The highest BCUT2D eigenvalue weighted by Crippen LogP contribution is 2.33. The molecule has 0 bridgehead atoms. The first-order chi connectivity index (χ1) is 17.5. The van der Waals surface area contributed by atoms with Crippen LogP contribution in [-0.2, 0) is 17.7 Å². The molecule has 0 unspecified atom stereocenters. The number of rotatable bonds is 3. The number of carbonyl (C=O) groups excluding carboxylic acids is 1. The van der Waals surface area contributed by atoms with Crippen LogP contribution in [0.2, 0.25) is 0 Å². The van der Waals surface area contributed by atoms with Crippen molar-refractivity contribution < 1.29 is 14.3 Å². The lowest BCUT2D eigenvalue weighted by atomic mass is 10.0. The zero-order valence-corrected chi connectivity index (χ0v) is 22.8. The van der Waals surface area contributed by atoms with Gasteiger partial charge in [0.2, 0.25) is 5.96 Å². The smallest absolute Gasteiger partial charge is 0.281 e. The van der Waals surface area contributed by atoms with Crippen LogP contribution in [0.15, 0.2) is 17.1 Å². The molecule has 2 aromatic rings. The normalized spacial score (nSPS) is 18.3. The van der Waals surface area contributed by atoms with Gasteiger partial charge in [-0.1, -0.05) is 32.9 Å². The van der Waals surface area contributed by atoms with Crippen LogP contribution >= 0.6 is 0 Å².